The summed E-state index contributed by atoms with van der Waals surface area (Å²) in [6.07, 6.45) is 4.27. The van der Waals surface area contributed by atoms with Crippen molar-refractivity contribution in [2.45, 2.75) is 12.3 Å². The fourth-order valence-corrected chi connectivity index (χ4v) is 2.37. The lowest BCUT2D eigenvalue weighted by Crippen LogP contribution is -2.37. The Morgan fingerprint density at radius 3 is 2.71 bits per heavy atom. The second-order valence-corrected chi connectivity index (χ2v) is 5.21. The standard InChI is InChI=1S/C15H18N4OS/c1-19-10-9-17-12(19)7-8-18-15(20)13(14(16)21)11-5-3-2-4-6-11/h2-6,9-10,13H,7-8H2,1H3,(H2,16,21)(H,18,20). The third kappa shape index (κ3) is 3.88. The maximum Gasteiger partial charge on any atom is 0.234 e. The SMILES string of the molecule is Cn1ccnc1CCNC(=O)C(C(N)=S)c1ccccc1. The van der Waals surface area contributed by atoms with Crippen LogP contribution in [0.15, 0.2) is 42.7 Å². The molecule has 21 heavy (non-hydrogen) atoms. The maximum atomic E-state index is 12.3. The molecule has 0 radical (unpaired) electrons. The summed E-state index contributed by atoms with van der Waals surface area (Å²) in [6, 6.07) is 9.31. The smallest absolute Gasteiger partial charge is 0.234 e. The first kappa shape index (κ1) is 15.2. The van der Waals surface area contributed by atoms with Gasteiger partial charge in [-0.1, -0.05) is 42.5 Å². The number of benzene rings is 1. The molecule has 1 aromatic heterocycles. The zero-order chi connectivity index (χ0) is 15.2. The summed E-state index contributed by atoms with van der Waals surface area (Å²) in [7, 11) is 1.92. The van der Waals surface area contributed by atoms with Gasteiger partial charge in [0.25, 0.3) is 0 Å². The third-order valence-electron chi connectivity index (χ3n) is 3.25. The van der Waals surface area contributed by atoms with Crippen molar-refractivity contribution in [1.29, 1.82) is 0 Å². The van der Waals surface area contributed by atoms with Crippen molar-refractivity contribution in [3.8, 4) is 0 Å². The minimum absolute atomic E-state index is 0.177. The molecular weight excluding hydrogens is 284 g/mol. The number of rotatable bonds is 6. The van der Waals surface area contributed by atoms with Crippen molar-refractivity contribution in [2.24, 2.45) is 12.8 Å². The minimum Gasteiger partial charge on any atom is -0.392 e. The van der Waals surface area contributed by atoms with Gasteiger partial charge in [0.1, 0.15) is 11.7 Å². The molecule has 6 heteroatoms. The van der Waals surface area contributed by atoms with E-state index in [0.717, 1.165) is 11.4 Å². The number of hydrogen-bond acceptors (Lipinski definition) is 3. The molecule has 1 unspecified atom stereocenters. The number of nitrogens with two attached hydrogens (primary N) is 1. The van der Waals surface area contributed by atoms with Gasteiger partial charge in [-0.3, -0.25) is 4.79 Å². The summed E-state index contributed by atoms with van der Waals surface area (Å²) in [6.45, 7) is 0.496. The van der Waals surface area contributed by atoms with E-state index in [0.29, 0.717) is 13.0 Å². The van der Waals surface area contributed by atoms with Gasteiger partial charge in [-0.2, -0.15) is 0 Å². The van der Waals surface area contributed by atoms with Gasteiger partial charge in [0, 0.05) is 32.4 Å². The Balaban J connectivity index is 1.97. The number of carbonyl (C=O) groups excluding carboxylic acids is 1. The zero-order valence-corrected chi connectivity index (χ0v) is 12.6. The van der Waals surface area contributed by atoms with E-state index >= 15 is 0 Å². The molecule has 0 saturated carbocycles. The van der Waals surface area contributed by atoms with Crippen molar-refractivity contribution < 1.29 is 4.79 Å². The second-order valence-electron chi connectivity index (χ2n) is 4.74. The average Bonchev–Trinajstić information content (AvgIpc) is 2.85. The van der Waals surface area contributed by atoms with Crippen molar-refractivity contribution in [3.05, 3.63) is 54.1 Å². The van der Waals surface area contributed by atoms with Crippen LogP contribution in [0.5, 0.6) is 0 Å². The number of thiocarbonyl (C=S) groups is 1. The second kappa shape index (κ2) is 6.99. The van der Waals surface area contributed by atoms with Gasteiger partial charge in [-0.15, -0.1) is 0 Å². The summed E-state index contributed by atoms with van der Waals surface area (Å²) in [5, 5.41) is 2.87. The van der Waals surface area contributed by atoms with Crippen molar-refractivity contribution in [2.75, 3.05) is 6.54 Å². The topological polar surface area (TPSA) is 72.9 Å². The molecule has 3 N–H and O–H groups in total. The normalized spacial score (nSPS) is 11.9. The Kier molecular flexibility index (Phi) is 5.05. The summed E-state index contributed by atoms with van der Waals surface area (Å²) in [4.78, 5) is 16.7. The van der Waals surface area contributed by atoms with Gasteiger partial charge in [-0.05, 0) is 5.56 Å². The number of amides is 1. The molecule has 110 valence electrons. The molecule has 0 fully saturated rings. The van der Waals surface area contributed by atoms with Gasteiger partial charge in [0.2, 0.25) is 5.91 Å². The van der Waals surface area contributed by atoms with Crippen LogP contribution in [0.3, 0.4) is 0 Å². The van der Waals surface area contributed by atoms with E-state index in [2.05, 4.69) is 10.3 Å². The fourth-order valence-electron chi connectivity index (χ4n) is 2.13. The minimum atomic E-state index is -0.595. The van der Waals surface area contributed by atoms with Crippen LogP contribution in [0.25, 0.3) is 0 Å². The lowest BCUT2D eigenvalue weighted by molar-refractivity contribution is -0.121. The Hall–Kier alpha value is -2.21. The van der Waals surface area contributed by atoms with Crippen LogP contribution < -0.4 is 11.1 Å². The summed E-state index contributed by atoms with van der Waals surface area (Å²) in [5.74, 6) is 0.146. The number of nitrogens with one attached hydrogen (secondary N) is 1. The van der Waals surface area contributed by atoms with Crippen LogP contribution in [0, 0.1) is 0 Å². The van der Waals surface area contributed by atoms with E-state index in [-0.39, 0.29) is 10.9 Å². The first-order valence-corrected chi connectivity index (χ1v) is 7.08. The molecule has 1 amide bonds. The van der Waals surface area contributed by atoms with E-state index < -0.39 is 5.92 Å². The molecule has 0 bridgehead atoms. The molecular formula is C15H18N4OS. The van der Waals surface area contributed by atoms with Gasteiger partial charge in [0.15, 0.2) is 0 Å². The highest BCUT2D eigenvalue weighted by Gasteiger charge is 2.22. The molecule has 0 aliphatic carbocycles. The molecule has 0 saturated heterocycles. The molecule has 5 nitrogen and oxygen atoms in total. The molecule has 2 aromatic rings. The summed E-state index contributed by atoms with van der Waals surface area (Å²) >= 11 is 5.03. The van der Waals surface area contributed by atoms with Crippen LogP contribution in [0.2, 0.25) is 0 Å². The lowest BCUT2D eigenvalue weighted by Gasteiger charge is -2.15. The molecule has 0 aliphatic rings. The molecule has 0 aliphatic heterocycles. The van der Waals surface area contributed by atoms with Crippen LogP contribution in [0.1, 0.15) is 17.3 Å². The van der Waals surface area contributed by atoms with E-state index in [1.54, 1.807) is 6.20 Å². The number of aromatic nitrogens is 2. The summed E-state index contributed by atoms with van der Waals surface area (Å²) in [5.41, 5.74) is 6.52. The van der Waals surface area contributed by atoms with Gasteiger partial charge < -0.3 is 15.6 Å². The van der Waals surface area contributed by atoms with Crippen molar-refractivity contribution in [1.82, 2.24) is 14.9 Å². The predicted octanol–water partition coefficient (Wildman–Crippen LogP) is 1.15. The number of hydrogen-bond donors (Lipinski definition) is 2. The van der Waals surface area contributed by atoms with E-state index in [4.69, 9.17) is 18.0 Å². The Bertz CT molecular complexity index is 624. The highest BCUT2D eigenvalue weighted by atomic mass is 32.1. The molecule has 1 aromatic carbocycles. The maximum absolute atomic E-state index is 12.3. The van der Waals surface area contributed by atoms with E-state index in [9.17, 15) is 4.79 Å². The van der Waals surface area contributed by atoms with E-state index in [1.807, 2.05) is 48.1 Å². The molecule has 1 heterocycles. The largest absolute Gasteiger partial charge is 0.392 e. The van der Waals surface area contributed by atoms with Crippen molar-refractivity contribution >= 4 is 23.1 Å². The van der Waals surface area contributed by atoms with Crippen molar-refractivity contribution in [3.63, 3.8) is 0 Å². The predicted molar refractivity (Wildman–Crippen MR) is 85.9 cm³/mol. The Labute approximate surface area is 129 Å². The van der Waals surface area contributed by atoms with Crippen LogP contribution in [-0.4, -0.2) is 27.0 Å². The van der Waals surface area contributed by atoms with Crippen LogP contribution >= 0.6 is 12.2 Å². The monoisotopic (exact) mass is 302 g/mol. The average molecular weight is 302 g/mol. The number of aryl methyl sites for hydroxylation is 1. The zero-order valence-electron chi connectivity index (χ0n) is 11.8. The van der Waals surface area contributed by atoms with Gasteiger partial charge >= 0.3 is 0 Å². The first-order valence-electron chi connectivity index (χ1n) is 6.67. The molecule has 1 atom stereocenters. The molecule has 0 spiro atoms. The van der Waals surface area contributed by atoms with Crippen LogP contribution in [-0.2, 0) is 18.3 Å². The highest BCUT2D eigenvalue weighted by Crippen LogP contribution is 2.16. The Morgan fingerprint density at radius 1 is 1.43 bits per heavy atom. The highest BCUT2D eigenvalue weighted by molar-refractivity contribution is 7.80. The quantitative estimate of drug-likeness (QED) is 0.785. The third-order valence-corrected chi connectivity index (χ3v) is 3.48. The molecule has 2 rings (SSSR count). The van der Waals surface area contributed by atoms with Gasteiger partial charge in [0.05, 0.1) is 4.99 Å². The number of carbonyl (C=O) groups is 1. The van der Waals surface area contributed by atoms with Gasteiger partial charge in [-0.25, -0.2) is 4.98 Å². The lowest BCUT2D eigenvalue weighted by atomic mass is 9.98. The summed E-state index contributed by atoms with van der Waals surface area (Å²) < 4.78 is 1.93. The fraction of sp³-hybridized carbons (Fsp3) is 0.267. The van der Waals surface area contributed by atoms with E-state index in [1.165, 1.54) is 0 Å². The Morgan fingerprint density at radius 2 is 2.14 bits per heavy atom. The number of imidazole rings is 1. The number of nitrogens with zero attached hydrogens (tertiary/aromatic N) is 2. The van der Waals surface area contributed by atoms with Crippen LogP contribution in [0.4, 0.5) is 0 Å². The first-order chi connectivity index (χ1) is 10.1.